The molecule has 0 aliphatic heterocycles. The molecule has 8 heteroatoms. The van der Waals surface area contributed by atoms with Gasteiger partial charge in [-0.05, 0) is 25.5 Å². The Morgan fingerprint density at radius 1 is 1.33 bits per heavy atom. The van der Waals surface area contributed by atoms with Crippen molar-refractivity contribution < 1.29 is 9.34 Å². The monoisotopic (exact) mass is 344 g/mol. The molecule has 2 aromatic heterocycles. The molecular weight excluding hydrogens is 328 g/mol. The van der Waals surface area contributed by atoms with Crippen LogP contribution in [-0.2, 0) is 7.05 Å². The molecule has 0 unspecified atom stereocenters. The standard InChI is InChI=1S/C16H16N4O3S/c1-10-14(7-8-23-10)15-17-18-16(19(15)3)24-11(2)12-5-4-6-13(9-12)20(21)22/h4-9,11H,1-3H3/t11-/m1/s1. The summed E-state index contributed by atoms with van der Waals surface area (Å²) in [6, 6.07) is 8.51. The number of furan rings is 1. The maximum Gasteiger partial charge on any atom is 0.269 e. The van der Waals surface area contributed by atoms with Crippen molar-refractivity contribution in [3.8, 4) is 11.4 Å². The Kier molecular flexibility index (Phi) is 4.39. The number of aromatic nitrogens is 3. The van der Waals surface area contributed by atoms with Gasteiger partial charge in [-0.3, -0.25) is 10.1 Å². The molecule has 0 aliphatic rings. The second-order valence-electron chi connectivity index (χ2n) is 5.37. The third-order valence-corrected chi connectivity index (χ3v) is 4.96. The molecule has 0 bridgehead atoms. The van der Waals surface area contributed by atoms with Gasteiger partial charge < -0.3 is 8.98 Å². The van der Waals surface area contributed by atoms with Gasteiger partial charge in [0, 0.05) is 24.4 Å². The van der Waals surface area contributed by atoms with E-state index in [1.807, 2.05) is 37.6 Å². The summed E-state index contributed by atoms with van der Waals surface area (Å²) in [7, 11) is 1.89. The first-order chi connectivity index (χ1) is 11.5. The van der Waals surface area contributed by atoms with E-state index >= 15 is 0 Å². The van der Waals surface area contributed by atoms with Crippen LogP contribution in [0.25, 0.3) is 11.4 Å². The molecule has 1 aromatic carbocycles. The zero-order chi connectivity index (χ0) is 17.3. The van der Waals surface area contributed by atoms with E-state index in [4.69, 9.17) is 4.42 Å². The molecule has 3 rings (SSSR count). The molecule has 0 radical (unpaired) electrons. The molecular formula is C16H16N4O3S. The van der Waals surface area contributed by atoms with E-state index in [-0.39, 0.29) is 15.9 Å². The minimum absolute atomic E-state index is 0.00565. The van der Waals surface area contributed by atoms with Crippen molar-refractivity contribution in [3.63, 3.8) is 0 Å². The smallest absolute Gasteiger partial charge is 0.269 e. The molecule has 2 heterocycles. The summed E-state index contributed by atoms with van der Waals surface area (Å²) in [6.45, 7) is 3.86. The minimum atomic E-state index is -0.386. The van der Waals surface area contributed by atoms with E-state index in [2.05, 4.69) is 10.2 Å². The molecule has 0 N–H and O–H groups in total. The summed E-state index contributed by atoms with van der Waals surface area (Å²) in [5.74, 6) is 1.52. The highest BCUT2D eigenvalue weighted by Crippen LogP contribution is 2.36. The van der Waals surface area contributed by atoms with Crippen molar-refractivity contribution in [2.24, 2.45) is 7.05 Å². The average Bonchev–Trinajstić information content (AvgIpc) is 3.14. The Balaban J connectivity index is 1.84. The Morgan fingerprint density at radius 2 is 2.12 bits per heavy atom. The van der Waals surface area contributed by atoms with Crippen LogP contribution in [0.1, 0.15) is 23.5 Å². The maximum atomic E-state index is 10.9. The zero-order valence-corrected chi connectivity index (χ0v) is 14.3. The highest BCUT2D eigenvalue weighted by Gasteiger charge is 2.18. The van der Waals surface area contributed by atoms with Gasteiger partial charge in [0.2, 0.25) is 0 Å². The lowest BCUT2D eigenvalue weighted by Crippen LogP contribution is -1.97. The van der Waals surface area contributed by atoms with E-state index in [0.29, 0.717) is 0 Å². The van der Waals surface area contributed by atoms with Gasteiger partial charge >= 0.3 is 0 Å². The van der Waals surface area contributed by atoms with Crippen molar-refractivity contribution in [3.05, 3.63) is 58.0 Å². The number of nitro groups is 1. The topological polar surface area (TPSA) is 87.0 Å². The minimum Gasteiger partial charge on any atom is -0.469 e. The summed E-state index contributed by atoms with van der Waals surface area (Å²) in [6.07, 6.45) is 1.62. The third kappa shape index (κ3) is 3.05. The van der Waals surface area contributed by atoms with Crippen LogP contribution in [0, 0.1) is 17.0 Å². The number of nitrogens with zero attached hydrogens (tertiary/aromatic N) is 4. The Morgan fingerprint density at radius 3 is 2.79 bits per heavy atom. The van der Waals surface area contributed by atoms with Crippen LogP contribution in [0.3, 0.4) is 0 Å². The lowest BCUT2D eigenvalue weighted by molar-refractivity contribution is -0.384. The largest absolute Gasteiger partial charge is 0.469 e. The molecule has 3 aromatic rings. The predicted octanol–water partition coefficient (Wildman–Crippen LogP) is 4.15. The highest BCUT2D eigenvalue weighted by atomic mass is 32.2. The lowest BCUT2D eigenvalue weighted by Gasteiger charge is -2.11. The van der Waals surface area contributed by atoms with Crippen LogP contribution in [0.4, 0.5) is 5.69 Å². The molecule has 0 amide bonds. The van der Waals surface area contributed by atoms with Crippen LogP contribution >= 0.6 is 11.8 Å². The Labute approximate surface area is 142 Å². The Bertz CT molecular complexity index is 887. The molecule has 124 valence electrons. The number of nitro benzene ring substituents is 1. The first-order valence-corrected chi connectivity index (χ1v) is 8.20. The number of benzene rings is 1. The molecule has 0 spiro atoms. The second-order valence-corrected chi connectivity index (χ2v) is 6.68. The zero-order valence-electron chi connectivity index (χ0n) is 13.5. The fourth-order valence-corrected chi connectivity index (χ4v) is 3.32. The molecule has 1 atom stereocenters. The van der Waals surface area contributed by atoms with Crippen molar-refractivity contribution in [1.29, 1.82) is 0 Å². The van der Waals surface area contributed by atoms with E-state index in [1.165, 1.54) is 17.8 Å². The first kappa shape index (κ1) is 16.3. The van der Waals surface area contributed by atoms with Crippen LogP contribution in [0.15, 0.2) is 46.2 Å². The number of thioether (sulfide) groups is 1. The Hall–Kier alpha value is -2.61. The molecule has 0 saturated heterocycles. The number of hydrogen-bond acceptors (Lipinski definition) is 6. The van der Waals surface area contributed by atoms with Gasteiger partial charge in [-0.2, -0.15) is 0 Å². The summed E-state index contributed by atoms with van der Waals surface area (Å²) in [4.78, 5) is 10.5. The molecule has 7 nitrogen and oxygen atoms in total. The van der Waals surface area contributed by atoms with Gasteiger partial charge in [0.25, 0.3) is 5.69 Å². The van der Waals surface area contributed by atoms with Gasteiger partial charge in [-0.1, -0.05) is 23.9 Å². The number of hydrogen-bond donors (Lipinski definition) is 0. The van der Waals surface area contributed by atoms with Crippen LogP contribution in [-0.4, -0.2) is 19.7 Å². The SMILES string of the molecule is Cc1occc1-c1nnc(S[C@H](C)c2cccc([N+](=O)[O-])c2)n1C. The lowest BCUT2D eigenvalue weighted by atomic mass is 10.1. The molecule has 0 fully saturated rings. The average molecular weight is 344 g/mol. The van der Waals surface area contributed by atoms with E-state index in [9.17, 15) is 10.1 Å². The van der Waals surface area contributed by atoms with Crippen molar-refractivity contribution >= 4 is 17.4 Å². The number of rotatable bonds is 5. The molecule has 0 aliphatic carbocycles. The quantitative estimate of drug-likeness (QED) is 0.393. The normalized spacial score (nSPS) is 12.3. The number of aryl methyl sites for hydroxylation is 1. The summed E-state index contributed by atoms with van der Waals surface area (Å²) in [5.41, 5.74) is 1.87. The van der Waals surface area contributed by atoms with Crippen LogP contribution in [0.5, 0.6) is 0 Å². The summed E-state index contributed by atoms with van der Waals surface area (Å²) < 4.78 is 7.22. The maximum absolute atomic E-state index is 10.9. The van der Waals surface area contributed by atoms with Gasteiger partial charge in [0.05, 0.1) is 16.7 Å². The molecule has 0 saturated carbocycles. The van der Waals surface area contributed by atoms with Crippen molar-refractivity contribution in [2.75, 3.05) is 0 Å². The van der Waals surface area contributed by atoms with Crippen LogP contribution < -0.4 is 0 Å². The number of non-ortho nitro benzene ring substituents is 1. The predicted molar refractivity (Wildman–Crippen MR) is 90.8 cm³/mol. The van der Waals surface area contributed by atoms with Gasteiger partial charge in [-0.15, -0.1) is 10.2 Å². The van der Waals surface area contributed by atoms with E-state index < -0.39 is 0 Å². The van der Waals surface area contributed by atoms with Crippen molar-refractivity contribution in [1.82, 2.24) is 14.8 Å². The summed E-state index contributed by atoms with van der Waals surface area (Å²) in [5, 5.41) is 20.1. The van der Waals surface area contributed by atoms with Crippen molar-refractivity contribution in [2.45, 2.75) is 24.3 Å². The van der Waals surface area contributed by atoms with Crippen LogP contribution in [0.2, 0.25) is 0 Å². The van der Waals surface area contributed by atoms with E-state index in [0.717, 1.165) is 27.9 Å². The second kappa shape index (κ2) is 6.48. The summed E-state index contributed by atoms with van der Waals surface area (Å²) >= 11 is 1.50. The van der Waals surface area contributed by atoms with Gasteiger partial charge in [-0.25, -0.2) is 0 Å². The van der Waals surface area contributed by atoms with Gasteiger partial charge in [0.15, 0.2) is 11.0 Å². The fraction of sp³-hybridized carbons (Fsp3) is 0.250. The molecule has 24 heavy (non-hydrogen) atoms. The van der Waals surface area contributed by atoms with Gasteiger partial charge in [0.1, 0.15) is 5.76 Å². The van der Waals surface area contributed by atoms with E-state index in [1.54, 1.807) is 18.4 Å². The fourth-order valence-electron chi connectivity index (χ4n) is 2.39. The first-order valence-electron chi connectivity index (χ1n) is 7.32. The highest BCUT2D eigenvalue weighted by molar-refractivity contribution is 7.99. The third-order valence-electron chi connectivity index (χ3n) is 3.77.